The molecule has 2 saturated heterocycles. The molecule has 2 fully saturated rings. The minimum Gasteiger partial charge on any atom is -0.491 e. The zero-order valence-corrected chi connectivity index (χ0v) is 19.8. The Hall–Kier alpha value is -2.91. The predicted octanol–water partition coefficient (Wildman–Crippen LogP) is 3.82. The van der Waals surface area contributed by atoms with Gasteiger partial charge in [-0.3, -0.25) is 4.79 Å². The topological polar surface area (TPSA) is 89.7 Å². The van der Waals surface area contributed by atoms with Gasteiger partial charge in [-0.05, 0) is 56.4 Å². The first-order chi connectivity index (χ1) is 16.4. The van der Waals surface area contributed by atoms with Gasteiger partial charge in [0.2, 0.25) is 0 Å². The van der Waals surface area contributed by atoms with E-state index in [9.17, 15) is 4.79 Å². The van der Waals surface area contributed by atoms with Crippen LogP contribution in [0.1, 0.15) is 40.2 Å². The maximum Gasteiger partial charge on any atom is 0.263 e. The molecule has 6 rings (SSSR count). The summed E-state index contributed by atoms with van der Waals surface area (Å²) in [5, 5.41) is 3.79. The molecule has 0 radical (unpaired) electrons. The van der Waals surface area contributed by atoms with E-state index in [0.29, 0.717) is 48.1 Å². The Morgan fingerprint density at radius 2 is 2.06 bits per heavy atom. The van der Waals surface area contributed by atoms with Crippen LogP contribution in [0.15, 0.2) is 24.3 Å². The Morgan fingerprint density at radius 1 is 1.26 bits per heavy atom. The number of benzene rings is 1. The number of thiophene rings is 1. The Morgan fingerprint density at radius 3 is 2.85 bits per heavy atom. The molecule has 3 aliphatic rings. The van der Waals surface area contributed by atoms with Crippen molar-refractivity contribution in [2.75, 3.05) is 30.3 Å². The zero-order chi connectivity index (χ0) is 23.4. The molecule has 7 nitrogen and oxygen atoms in total. The Balaban J connectivity index is 1.18. The second-order valence-corrected chi connectivity index (χ2v) is 10.5. The van der Waals surface area contributed by atoms with Gasteiger partial charge in [-0.1, -0.05) is 0 Å². The molecule has 0 spiro atoms. The standard InChI is InChI=1S/C25H27FN4O3S/c1-13-5-6-18-22(27)23(34-25(18)28-13)24(31)29-15-7-14-8-19(26)20(9-21(14)32-12-15)30-10-16-3-2-4-17(11-30)33-16/h5-6,8-9,15-17H,2-4,7,10-12,27H2,1H3,(H,29,31)/t15-,16?,17?/m1/s1. The fourth-order valence-electron chi connectivity index (χ4n) is 5.25. The maximum atomic E-state index is 15.1. The first-order valence-electron chi connectivity index (χ1n) is 11.8. The van der Waals surface area contributed by atoms with E-state index in [2.05, 4.69) is 15.2 Å². The van der Waals surface area contributed by atoms with Crippen LogP contribution < -0.4 is 20.7 Å². The number of nitrogen functional groups attached to an aromatic ring is 1. The maximum absolute atomic E-state index is 15.1. The second-order valence-electron chi connectivity index (χ2n) is 9.46. The third kappa shape index (κ3) is 3.86. The number of morpholine rings is 1. The van der Waals surface area contributed by atoms with Crippen LogP contribution in [0.25, 0.3) is 10.2 Å². The first kappa shape index (κ1) is 21.6. The number of nitrogens with one attached hydrogen (secondary N) is 1. The molecule has 2 bridgehead atoms. The summed E-state index contributed by atoms with van der Waals surface area (Å²) in [5.74, 6) is 0.163. The number of pyridine rings is 1. The Kier molecular flexibility index (Phi) is 5.33. The van der Waals surface area contributed by atoms with Gasteiger partial charge in [-0.2, -0.15) is 0 Å². The number of rotatable bonds is 3. The van der Waals surface area contributed by atoms with Crippen molar-refractivity contribution < 1.29 is 18.7 Å². The fourth-order valence-corrected chi connectivity index (χ4v) is 6.29. The molecule has 2 unspecified atom stereocenters. The van der Waals surface area contributed by atoms with Crippen molar-refractivity contribution in [3.05, 3.63) is 46.2 Å². The summed E-state index contributed by atoms with van der Waals surface area (Å²) in [6.45, 7) is 3.63. The van der Waals surface area contributed by atoms with Crippen LogP contribution in [0.3, 0.4) is 0 Å². The van der Waals surface area contributed by atoms with E-state index < -0.39 is 0 Å². The van der Waals surface area contributed by atoms with Gasteiger partial charge in [0.1, 0.15) is 27.9 Å². The monoisotopic (exact) mass is 482 g/mol. The normalized spacial score (nSPS) is 23.9. The summed E-state index contributed by atoms with van der Waals surface area (Å²) in [6, 6.07) is 6.86. The summed E-state index contributed by atoms with van der Waals surface area (Å²) < 4.78 is 27.1. The van der Waals surface area contributed by atoms with Crippen molar-refractivity contribution in [1.82, 2.24) is 10.3 Å². The number of amides is 1. The number of hydrogen-bond donors (Lipinski definition) is 2. The summed E-state index contributed by atoms with van der Waals surface area (Å²) in [5.41, 5.74) is 8.87. The number of fused-ring (bicyclic) bond motifs is 4. The SMILES string of the molecule is Cc1ccc2c(N)c(C(=O)N[C@H]3COc4cc(N5CC6CCCC(C5)O6)c(F)cc4C3)sc2n1. The van der Waals surface area contributed by atoms with Gasteiger partial charge in [0.25, 0.3) is 5.91 Å². The van der Waals surface area contributed by atoms with Crippen LogP contribution in [-0.2, 0) is 11.2 Å². The van der Waals surface area contributed by atoms with Gasteiger partial charge in [0.05, 0.1) is 29.6 Å². The molecule has 3 N–H and O–H groups in total. The van der Waals surface area contributed by atoms with Crippen molar-refractivity contribution in [2.24, 2.45) is 0 Å². The third-order valence-corrected chi connectivity index (χ3v) is 8.05. The van der Waals surface area contributed by atoms with E-state index in [-0.39, 0.29) is 30.0 Å². The number of carbonyl (C=O) groups is 1. The first-order valence-corrected chi connectivity index (χ1v) is 12.6. The van der Waals surface area contributed by atoms with Crippen LogP contribution in [-0.4, -0.2) is 48.8 Å². The molecular weight excluding hydrogens is 455 g/mol. The largest absolute Gasteiger partial charge is 0.491 e. The number of nitrogens with zero attached hydrogens (tertiary/aromatic N) is 2. The lowest BCUT2D eigenvalue weighted by atomic mass is 9.98. The van der Waals surface area contributed by atoms with E-state index in [0.717, 1.165) is 34.3 Å². The molecule has 34 heavy (non-hydrogen) atoms. The van der Waals surface area contributed by atoms with Crippen molar-refractivity contribution in [1.29, 1.82) is 0 Å². The average Bonchev–Trinajstić information content (AvgIpc) is 3.14. The molecule has 0 saturated carbocycles. The van der Waals surface area contributed by atoms with E-state index in [1.165, 1.54) is 17.8 Å². The molecule has 1 amide bonds. The molecule has 0 aliphatic carbocycles. The van der Waals surface area contributed by atoms with Gasteiger partial charge in [0, 0.05) is 30.2 Å². The predicted molar refractivity (Wildman–Crippen MR) is 130 cm³/mol. The molecule has 2 aromatic heterocycles. The highest BCUT2D eigenvalue weighted by molar-refractivity contribution is 7.21. The molecule has 3 atom stereocenters. The van der Waals surface area contributed by atoms with Crippen molar-refractivity contribution in [3.63, 3.8) is 0 Å². The Labute approximate surface area is 201 Å². The lowest BCUT2D eigenvalue weighted by Gasteiger charge is -2.43. The van der Waals surface area contributed by atoms with Crippen molar-refractivity contribution in [2.45, 2.75) is 50.9 Å². The van der Waals surface area contributed by atoms with Gasteiger partial charge < -0.3 is 25.4 Å². The van der Waals surface area contributed by atoms with E-state index in [4.69, 9.17) is 15.2 Å². The van der Waals surface area contributed by atoms with Crippen LogP contribution in [0, 0.1) is 12.7 Å². The summed E-state index contributed by atoms with van der Waals surface area (Å²) >= 11 is 1.28. The summed E-state index contributed by atoms with van der Waals surface area (Å²) in [4.78, 5) is 20.7. The van der Waals surface area contributed by atoms with Gasteiger partial charge >= 0.3 is 0 Å². The molecule has 178 valence electrons. The van der Waals surface area contributed by atoms with E-state index in [1.54, 1.807) is 6.07 Å². The van der Waals surface area contributed by atoms with Crippen LogP contribution >= 0.6 is 11.3 Å². The lowest BCUT2D eigenvalue weighted by Crippen LogP contribution is -2.50. The van der Waals surface area contributed by atoms with E-state index in [1.807, 2.05) is 25.1 Å². The minimum absolute atomic E-state index is 0.170. The van der Waals surface area contributed by atoms with Crippen LogP contribution in [0.5, 0.6) is 5.75 Å². The average molecular weight is 483 g/mol. The highest BCUT2D eigenvalue weighted by Gasteiger charge is 2.33. The van der Waals surface area contributed by atoms with Crippen LogP contribution in [0.2, 0.25) is 0 Å². The zero-order valence-electron chi connectivity index (χ0n) is 19.0. The number of aromatic nitrogens is 1. The molecule has 9 heteroatoms. The number of carbonyl (C=O) groups excluding carboxylic acids is 1. The smallest absolute Gasteiger partial charge is 0.263 e. The van der Waals surface area contributed by atoms with Crippen molar-refractivity contribution in [3.8, 4) is 5.75 Å². The molecule has 3 aromatic rings. The van der Waals surface area contributed by atoms with Crippen molar-refractivity contribution >= 4 is 38.8 Å². The second kappa shape index (κ2) is 8.39. The quantitative estimate of drug-likeness (QED) is 0.590. The fraction of sp³-hybridized carbons (Fsp3) is 0.440. The molecule has 3 aliphatic heterocycles. The molecular formula is C25H27FN4O3S. The summed E-state index contributed by atoms with van der Waals surface area (Å²) in [6.07, 6.45) is 4.06. The van der Waals surface area contributed by atoms with E-state index >= 15 is 4.39 Å². The number of aryl methyl sites for hydroxylation is 1. The number of anilines is 2. The number of nitrogens with two attached hydrogens (primary N) is 1. The molecule has 5 heterocycles. The number of ether oxygens (including phenoxy) is 2. The van der Waals surface area contributed by atoms with Gasteiger partial charge in [-0.15, -0.1) is 11.3 Å². The minimum atomic E-state index is -0.271. The highest BCUT2D eigenvalue weighted by Crippen LogP contribution is 2.36. The number of hydrogen-bond acceptors (Lipinski definition) is 7. The third-order valence-electron chi connectivity index (χ3n) is 6.94. The van der Waals surface area contributed by atoms with Gasteiger partial charge in [0.15, 0.2) is 0 Å². The molecule has 1 aromatic carbocycles. The highest BCUT2D eigenvalue weighted by atomic mass is 32.1. The summed E-state index contributed by atoms with van der Waals surface area (Å²) in [7, 11) is 0. The van der Waals surface area contributed by atoms with Gasteiger partial charge in [-0.25, -0.2) is 9.37 Å². The lowest BCUT2D eigenvalue weighted by molar-refractivity contribution is -0.0606. The van der Waals surface area contributed by atoms with Crippen LogP contribution in [0.4, 0.5) is 15.8 Å². The Bertz CT molecular complexity index is 1270. The number of halogens is 1.